The molecule has 6 nitrogen and oxygen atoms in total. The van der Waals surface area contributed by atoms with Crippen molar-refractivity contribution in [3.05, 3.63) is 29.8 Å². The summed E-state index contributed by atoms with van der Waals surface area (Å²) in [5.74, 6) is 1.01. The first-order valence-corrected chi connectivity index (χ1v) is 8.54. The number of aliphatic hydroxyl groups is 1. The molecule has 0 aliphatic rings. The number of nitrogens with two attached hydrogens (primary N) is 1. The van der Waals surface area contributed by atoms with Crippen molar-refractivity contribution in [1.82, 2.24) is 0 Å². The van der Waals surface area contributed by atoms with Gasteiger partial charge in [-0.05, 0) is 32.5 Å². The Morgan fingerprint density at radius 3 is 2.25 bits per heavy atom. The zero-order valence-corrected chi connectivity index (χ0v) is 15.8. The molecule has 7 heteroatoms. The number of carbonyl (C=O) groups excluding carboxylic acids is 1. The van der Waals surface area contributed by atoms with Crippen LogP contribution in [0.5, 0.6) is 0 Å². The third kappa shape index (κ3) is 14.3. The highest BCUT2D eigenvalue weighted by Gasteiger charge is 1.99. The molecule has 0 saturated heterocycles. The number of benzene rings is 1. The summed E-state index contributed by atoms with van der Waals surface area (Å²) in [6, 6.07) is 7.47. The first-order valence-electron chi connectivity index (χ1n) is 7.55. The second-order valence-corrected chi connectivity index (χ2v) is 5.72. The van der Waals surface area contributed by atoms with E-state index in [4.69, 9.17) is 15.3 Å². The molecule has 0 aliphatic heterocycles. The molecule has 0 saturated carbocycles. The Morgan fingerprint density at radius 1 is 1.29 bits per heavy atom. The van der Waals surface area contributed by atoms with E-state index in [2.05, 4.69) is 10.5 Å². The fourth-order valence-corrected chi connectivity index (χ4v) is 2.26. The minimum absolute atomic E-state index is 0.0240. The maximum absolute atomic E-state index is 10.4. The van der Waals surface area contributed by atoms with Gasteiger partial charge in [-0.1, -0.05) is 12.1 Å². The van der Waals surface area contributed by atoms with Crippen molar-refractivity contribution in [2.24, 2.45) is 5.73 Å². The van der Waals surface area contributed by atoms with E-state index in [-0.39, 0.29) is 11.8 Å². The second-order valence-electron chi connectivity index (χ2n) is 4.56. The molecule has 1 aromatic carbocycles. The molecular formula is C17H30N2O4S. The van der Waals surface area contributed by atoms with Crippen LogP contribution in [0, 0.1) is 5.41 Å². The van der Waals surface area contributed by atoms with Crippen LogP contribution in [0.2, 0.25) is 0 Å². The zero-order valence-electron chi connectivity index (χ0n) is 15.0. The van der Waals surface area contributed by atoms with Gasteiger partial charge >= 0.3 is 0 Å². The van der Waals surface area contributed by atoms with Gasteiger partial charge in [0.1, 0.15) is 5.71 Å². The van der Waals surface area contributed by atoms with Crippen LogP contribution in [0.15, 0.2) is 29.2 Å². The zero-order chi connectivity index (χ0) is 18.8. The summed E-state index contributed by atoms with van der Waals surface area (Å²) in [7, 11) is 4.76. The Morgan fingerprint density at radius 2 is 1.88 bits per heavy atom. The Labute approximate surface area is 149 Å². The van der Waals surface area contributed by atoms with Gasteiger partial charge in [0.2, 0.25) is 0 Å². The van der Waals surface area contributed by atoms with Crippen LogP contribution < -0.4 is 5.73 Å². The first-order chi connectivity index (χ1) is 11.5. The van der Waals surface area contributed by atoms with Crippen LogP contribution in [0.1, 0.15) is 18.9 Å². The lowest BCUT2D eigenvalue weighted by molar-refractivity contribution is -0.102. The van der Waals surface area contributed by atoms with Crippen molar-refractivity contribution in [3.8, 4) is 0 Å². The summed E-state index contributed by atoms with van der Waals surface area (Å²) in [5, 5.41) is 15.8. The molecule has 0 spiro atoms. The van der Waals surface area contributed by atoms with Crippen molar-refractivity contribution in [2.75, 3.05) is 40.2 Å². The van der Waals surface area contributed by atoms with E-state index < -0.39 is 0 Å². The molecule has 24 heavy (non-hydrogen) atoms. The SMILES string of the molecule is CN.COCC(C)O.COCCCSc1ccc(C(=N)C=O)cc1. The Hall–Kier alpha value is -1.25. The molecule has 1 atom stereocenters. The van der Waals surface area contributed by atoms with Crippen LogP contribution in [-0.2, 0) is 14.3 Å². The Bertz CT molecular complexity index is 425. The van der Waals surface area contributed by atoms with E-state index in [9.17, 15) is 4.79 Å². The summed E-state index contributed by atoms with van der Waals surface area (Å²) in [6.07, 6.45) is 1.25. The number of aliphatic hydroxyl groups excluding tert-OH is 1. The predicted octanol–water partition coefficient (Wildman–Crippen LogP) is 1.97. The highest BCUT2D eigenvalue weighted by Crippen LogP contribution is 2.19. The van der Waals surface area contributed by atoms with E-state index >= 15 is 0 Å². The van der Waals surface area contributed by atoms with Crippen LogP contribution in [0.4, 0.5) is 0 Å². The van der Waals surface area contributed by atoms with Gasteiger partial charge in [-0.2, -0.15) is 0 Å². The number of carbonyl (C=O) groups is 1. The number of rotatable bonds is 9. The number of nitrogens with one attached hydrogen (secondary N) is 1. The van der Waals surface area contributed by atoms with Crippen LogP contribution >= 0.6 is 11.8 Å². The number of methoxy groups -OCH3 is 2. The van der Waals surface area contributed by atoms with Gasteiger partial charge in [0.25, 0.3) is 0 Å². The number of aldehydes is 1. The van der Waals surface area contributed by atoms with Gasteiger partial charge in [0.15, 0.2) is 6.29 Å². The number of ether oxygens (including phenoxy) is 2. The highest BCUT2D eigenvalue weighted by molar-refractivity contribution is 7.99. The van der Waals surface area contributed by atoms with Crippen LogP contribution in [0.3, 0.4) is 0 Å². The lowest BCUT2D eigenvalue weighted by atomic mass is 10.1. The van der Waals surface area contributed by atoms with Crippen molar-refractivity contribution in [1.29, 1.82) is 5.41 Å². The largest absolute Gasteiger partial charge is 0.391 e. The molecule has 1 rings (SSSR count). The third-order valence-electron chi connectivity index (χ3n) is 2.45. The van der Waals surface area contributed by atoms with E-state index in [0.717, 1.165) is 23.7 Å². The normalized spacial score (nSPS) is 10.6. The molecule has 1 unspecified atom stereocenters. The van der Waals surface area contributed by atoms with Crippen LogP contribution in [-0.4, -0.2) is 63.4 Å². The summed E-state index contributed by atoms with van der Waals surface area (Å²) in [6.45, 7) is 2.89. The third-order valence-corrected chi connectivity index (χ3v) is 3.55. The maximum Gasteiger partial charge on any atom is 0.168 e. The summed E-state index contributed by atoms with van der Waals surface area (Å²) in [4.78, 5) is 11.5. The van der Waals surface area contributed by atoms with Gasteiger partial charge in [0, 0.05) is 37.0 Å². The predicted molar refractivity (Wildman–Crippen MR) is 100 cm³/mol. The lowest BCUT2D eigenvalue weighted by Gasteiger charge is -2.02. The molecule has 0 fully saturated rings. The Kier molecular flexibility index (Phi) is 18.8. The molecule has 0 heterocycles. The number of hydrogen-bond acceptors (Lipinski definition) is 7. The maximum atomic E-state index is 10.4. The highest BCUT2D eigenvalue weighted by atomic mass is 32.2. The molecule has 4 N–H and O–H groups in total. The fourth-order valence-electron chi connectivity index (χ4n) is 1.43. The molecule has 1 aromatic rings. The van der Waals surface area contributed by atoms with Crippen molar-refractivity contribution >= 4 is 23.8 Å². The molecular weight excluding hydrogens is 328 g/mol. The molecule has 0 aromatic heterocycles. The quantitative estimate of drug-likeness (QED) is 0.270. The minimum Gasteiger partial charge on any atom is -0.391 e. The van der Waals surface area contributed by atoms with Crippen molar-refractivity contribution in [3.63, 3.8) is 0 Å². The average Bonchev–Trinajstić information content (AvgIpc) is 2.61. The molecule has 138 valence electrons. The molecule has 0 bridgehead atoms. The number of thioether (sulfide) groups is 1. The van der Waals surface area contributed by atoms with Gasteiger partial charge < -0.3 is 20.3 Å². The van der Waals surface area contributed by atoms with Crippen LogP contribution in [0.25, 0.3) is 0 Å². The smallest absolute Gasteiger partial charge is 0.168 e. The van der Waals surface area contributed by atoms with Crippen molar-refractivity contribution in [2.45, 2.75) is 24.3 Å². The fraction of sp³-hybridized carbons (Fsp3) is 0.529. The van der Waals surface area contributed by atoms with Gasteiger partial charge in [-0.3, -0.25) is 10.2 Å². The molecule has 0 aliphatic carbocycles. The summed E-state index contributed by atoms with van der Waals surface area (Å²) in [5.41, 5.74) is 5.19. The van der Waals surface area contributed by atoms with Gasteiger partial charge in [-0.25, -0.2) is 0 Å². The lowest BCUT2D eigenvalue weighted by Crippen LogP contribution is -2.07. The molecule has 0 radical (unpaired) electrons. The second kappa shape index (κ2) is 18.1. The Balaban J connectivity index is 0. The minimum atomic E-state index is -0.324. The van der Waals surface area contributed by atoms with E-state index in [1.165, 1.54) is 7.05 Å². The topological polar surface area (TPSA) is 106 Å². The summed E-state index contributed by atoms with van der Waals surface area (Å²) < 4.78 is 9.52. The molecule has 0 amide bonds. The standard InChI is InChI=1S/C12H15NO2S.C4H10O2.CH5N/c1-15-7-2-8-16-11-5-3-10(4-6-11)12(13)9-14;1-4(5)3-6-2;1-2/h3-6,9,13H,2,7-8H2,1H3;4-5H,3H2,1-2H3;2H2,1H3. The van der Waals surface area contributed by atoms with Crippen molar-refractivity contribution < 1.29 is 19.4 Å². The first kappa shape index (κ1) is 25.0. The summed E-state index contributed by atoms with van der Waals surface area (Å²) >= 11 is 1.75. The number of hydrogen-bond donors (Lipinski definition) is 3. The van der Waals surface area contributed by atoms with Gasteiger partial charge in [0.05, 0.1) is 12.7 Å². The van der Waals surface area contributed by atoms with E-state index in [1.807, 2.05) is 12.1 Å². The average molecular weight is 359 g/mol. The monoisotopic (exact) mass is 358 g/mol. The van der Waals surface area contributed by atoms with Gasteiger partial charge in [-0.15, -0.1) is 11.8 Å². The van der Waals surface area contributed by atoms with E-state index in [0.29, 0.717) is 18.5 Å². The van der Waals surface area contributed by atoms with E-state index in [1.54, 1.807) is 45.0 Å².